The van der Waals surface area contributed by atoms with Gasteiger partial charge >= 0.3 is 0 Å². The summed E-state index contributed by atoms with van der Waals surface area (Å²) in [4.78, 5) is 0. The van der Waals surface area contributed by atoms with Crippen molar-refractivity contribution in [2.75, 3.05) is 0 Å². The van der Waals surface area contributed by atoms with Gasteiger partial charge in [-0.15, -0.1) is 6.42 Å². The Labute approximate surface area is 73.5 Å². The molecule has 0 saturated carbocycles. The van der Waals surface area contributed by atoms with Crippen molar-refractivity contribution in [3.05, 3.63) is 30.1 Å². The number of hydrogen-bond donors (Lipinski definition) is 0. The van der Waals surface area contributed by atoms with Gasteiger partial charge in [-0.2, -0.15) is 4.57 Å². The molecule has 0 aliphatic carbocycles. The fraction of sp³-hybridized carbons (Fsp3) is 0.222. The highest BCUT2D eigenvalue weighted by atomic mass is 35.5. The molecule has 1 nitrogen and oxygen atoms in total. The van der Waals surface area contributed by atoms with Gasteiger partial charge in [0.15, 0.2) is 12.4 Å². The molecular formula is C9H10ClN. The predicted octanol–water partition coefficient (Wildman–Crippen LogP) is -2.08. The Morgan fingerprint density at radius 1 is 1.45 bits per heavy atom. The normalized spacial score (nSPS) is 8.00. The van der Waals surface area contributed by atoms with Crippen molar-refractivity contribution >= 4 is 0 Å². The van der Waals surface area contributed by atoms with E-state index in [1.165, 1.54) is 5.56 Å². The molecule has 2 heteroatoms. The molecule has 0 unspecified atom stereocenters. The summed E-state index contributed by atoms with van der Waals surface area (Å²) in [5.41, 5.74) is 1.26. The minimum absolute atomic E-state index is 0. The van der Waals surface area contributed by atoms with Crippen LogP contribution in [-0.4, -0.2) is 0 Å². The Morgan fingerprint density at radius 2 is 2.00 bits per heavy atom. The lowest BCUT2D eigenvalue weighted by Crippen LogP contribution is -3.00. The summed E-state index contributed by atoms with van der Waals surface area (Å²) in [6, 6.07) is 4.08. The molecule has 11 heavy (non-hydrogen) atoms. The fourth-order valence-electron chi connectivity index (χ4n) is 0.743. The smallest absolute Gasteiger partial charge is 0.208 e. The van der Waals surface area contributed by atoms with Gasteiger partial charge in [0.25, 0.3) is 0 Å². The first-order chi connectivity index (χ1) is 4.83. The molecular weight excluding hydrogens is 158 g/mol. The molecule has 1 aromatic heterocycles. The van der Waals surface area contributed by atoms with Crippen LogP contribution in [0.5, 0.6) is 0 Å². The van der Waals surface area contributed by atoms with Crippen LogP contribution in [0.2, 0.25) is 0 Å². The first-order valence-electron chi connectivity index (χ1n) is 3.22. The Bertz CT molecular complexity index is 245. The van der Waals surface area contributed by atoms with Gasteiger partial charge in [0.05, 0.1) is 0 Å². The van der Waals surface area contributed by atoms with E-state index in [-0.39, 0.29) is 12.4 Å². The molecule has 0 aliphatic rings. The molecule has 0 aromatic carbocycles. The third-order valence-corrected chi connectivity index (χ3v) is 1.33. The first-order valence-corrected chi connectivity index (χ1v) is 3.22. The van der Waals surface area contributed by atoms with E-state index in [2.05, 4.69) is 12.8 Å². The number of terminal acetylenes is 1. The van der Waals surface area contributed by atoms with E-state index in [0.29, 0.717) is 6.54 Å². The minimum Gasteiger partial charge on any atom is -1.00 e. The highest BCUT2D eigenvalue weighted by Crippen LogP contribution is 1.88. The molecule has 1 rings (SSSR count). The van der Waals surface area contributed by atoms with Crippen LogP contribution in [-0.2, 0) is 6.54 Å². The van der Waals surface area contributed by atoms with Crippen LogP contribution in [0.15, 0.2) is 24.5 Å². The van der Waals surface area contributed by atoms with Gasteiger partial charge in [-0.3, -0.25) is 0 Å². The van der Waals surface area contributed by atoms with Gasteiger partial charge in [0.1, 0.15) is 0 Å². The predicted molar refractivity (Wildman–Crippen MR) is 40.2 cm³/mol. The number of hydrogen-bond acceptors (Lipinski definition) is 0. The van der Waals surface area contributed by atoms with Crippen molar-refractivity contribution < 1.29 is 17.0 Å². The maximum atomic E-state index is 5.13. The zero-order valence-electron chi connectivity index (χ0n) is 6.42. The summed E-state index contributed by atoms with van der Waals surface area (Å²) >= 11 is 0. The van der Waals surface area contributed by atoms with Gasteiger partial charge in [0, 0.05) is 12.1 Å². The molecule has 0 N–H and O–H groups in total. The zero-order valence-corrected chi connectivity index (χ0v) is 7.17. The van der Waals surface area contributed by atoms with Crippen LogP contribution in [0.1, 0.15) is 5.56 Å². The maximum Gasteiger partial charge on any atom is 0.208 e. The highest BCUT2D eigenvalue weighted by Gasteiger charge is 1.92. The Morgan fingerprint density at radius 3 is 2.45 bits per heavy atom. The lowest BCUT2D eigenvalue weighted by Gasteiger charge is -1.89. The average molecular weight is 168 g/mol. The molecule has 1 heterocycles. The maximum absolute atomic E-state index is 5.13. The summed E-state index contributed by atoms with van der Waals surface area (Å²) in [5, 5.41) is 0. The molecule has 58 valence electrons. The van der Waals surface area contributed by atoms with Gasteiger partial charge in [-0.1, -0.05) is 0 Å². The summed E-state index contributed by atoms with van der Waals surface area (Å²) < 4.78 is 1.97. The third-order valence-electron chi connectivity index (χ3n) is 1.33. The SMILES string of the molecule is C#CC[n+]1ccc(C)cc1.[Cl-]. The lowest BCUT2D eigenvalue weighted by atomic mass is 10.3. The quantitative estimate of drug-likeness (QED) is 0.334. The van der Waals surface area contributed by atoms with Gasteiger partial charge in [-0.25, -0.2) is 0 Å². The third kappa shape index (κ3) is 3.06. The minimum atomic E-state index is 0. The Balaban J connectivity index is 0.000001000. The monoisotopic (exact) mass is 167 g/mol. The number of aryl methyl sites for hydroxylation is 1. The van der Waals surface area contributed by atoms with Gasteiger partial charge in [-0.05, 0) is 18.4 Å². The fourth-order valence-corrected chi connectivity index (χ4v) is 0.743. The molecule has 0 saturated heterocycles. The summed E-state index contributed by atoms with van der Waals surface area (Å²) in [5.74, 6) is 2.57. The number of rotatable bonds is 1. The lowest BCUT2D eigenvalue weighted by molar-refractivity contribution is -0.684. The highest BCUT2D eigenvalue weighted by molar-refractivity contribution is 5.03. The van der Waals surface area contributed by atoms with Crippen molar-refractivity contribution in [3.63, 3.8) is 0 Å². The average Bonchev–Trinajstić information content (AvgIpc) is 1.95. The van der Waals surface area contributed by atoms with Crippen LogP contribution in [0.4, 0.5) is 0 Å². The Kier molecular flexibility index (Phi) is 4.33. The second-order valence-electron chi connectivity index (χ2n) is 2.25. The molecule has 0 aliphatic heterocycles. The van der Waals surface area contributed by atoms with Crippen molar-refractivity contribution in [1.29, 1.82) is 0 Å². The molecule has 0 fully saturated rings. The molecule has 0 atom stereocenters. The first kappa shape index (κ1) is 10.0. The van der Waals surface area contributed by atoms with Crippen molar-refractivity contribution in [2.24, 2.45) is 0 Å². The van der Waals surface area contributed by atoms with E-state index in [0.717, 1.165) is 0 Å². The molecule has 1 aromatic rings. The van der Waals surface area contributed by atoms with E-state index in [1.54, 1.807) is 0 Å². The van der Waals surface area contributed by atoms with Gasteiger partial charge < -0.3 is 12.4 Å². The van der Waals surface area contributed by atoms with E-state index < -0.39 is 0 Å². The van der Waals surface area contributed by atoms with E-state index in [9.17, 15) is 0 Å². The standard InChI is InChI=1S/C9H10N.ClH/c1-3-6-10-7-4-9(2)5-8-10;/h1,4-5,7-8H,6H2,2H3;1H/q+1;/p-1. The van der Waals surface area contributed by atoms with E-state index >= 15 is 0 Å². The van der Waals surface area contributed by atoms with Crippen LogP contribution in [0.25, 0.3) is 0 Å². The largest absolute Gasteiger partial charge is 1.00 e. The van der Waals surface area contributed by atoms with E-state index in [1.807, 2.05) is 29.1 Å². The number of pyridine rings is 1. The van der Waals surface area contributed by atoms with Crippen molar-refractivity contribution in [3.8, 4) is 12.3 Å². The number of nitrogens with zero attached hydrogens (tertiary/aromatic N) is 1. The summed E-state index contributed by atoms with van der Waals surface area (Å²) in [6.07, 6.45) is 9.09. The molecule has 0 bridgehead atoms. The van der Waals surface area contributed by atoms with Crippen LogP contribution >= 0.6 is 0 Å². The van der Waals surface area contributed by atoms with Gasteiger partial charge in [0.2, 0.25) is 6.54 Å². The van der Waals surface area contributed by atoms with Crippen molar-refractivity contribution in [1.82, 2.24) is 0 Å². The number of halogens is 1. The van der Waals surface area contributed by atoms with E-state index in [4.69, 9.17) is 6.42 Å². The van der Waals surface area contributed by atoms with Crippen LogP contribution < -0.4 is 17.0 Å². The molecule has 0 amide bonds. The second-order valence-corrected chi connectivity index (χ2v) is 2.25. The molecule has 0 radical (unpaired) electrons. The van der Waals surface area contributed by atoms with Crippen molar-refractivity contribution in [2.45, 2.75) is 13.5 Å². The number of aromatic nitrogens is 1. The topological polar surface area (TPSA) is 3.88 Å². The zero-order chi connectivity index (χ0) is 7.40. The van der Waals surface area contributed by atoms with Crippen LogP contribution in [0, 0.1) is 19.3 Å². The second kappa shape index (κ2) is 4.76. The summed E-state index contributed by atoms with van der Waals surface area (Å²) in [7, 11) is 0. The summed E-state index contributed by atoms with van der Waals surface area (Å²) in [6.45, 7) is 2.71. The molecule has 0 spiro atoms. The van der Waals surface area contributed by atoms with Crippen LogP contribution in [0.3, 0.4) is 0 Å². The Hall–Kier alpha value is -1.00.